The number of thiazole rings is 1. The maximum Gasteiger partial charge on any atom is 0.252 e. The number of aryl methyl sites for hydroxylation is 4. The van der Waals surface area contributed by atoms with E-state index in [4.69, 9.17) is 11.6 Å². The van der Waals surface area contributed by atoms with Gasteiger partial charge in [-0.15, -0.1) is 0 Å². The Kier molecular flexibility index (Phi) is 4.61. The van der Waals surface area contributed by atoms with Crippen LogP contribution in [0.25, 0.3) is 10.2 Å². The zero-order valence-corrected chi connectivity index (χ0v) is 15.8. The van der Waals surface area contributed by atoms with E-state index < -0.39 is 0 Å². The summed E-state index contributed by atoms with van der Waals surface area (Å²) in [4.78, 5) is 17.5. The number of fused-ring (bicyclic) bond motifs is 1. The van der Waals surface area contributed by atoms with E-state index in [-0.39, 0.29) is 5.91 Å². The molecule has 1 amide bonds. The lowest BCUT2D eigenvalue weighted by molar-refractivity contribution is -0.117. The average molecular weight is 359 g/mol. The molecule has 0 aliphatic carbocycles. The zero-order valence-electron chi connectivity index (χ0n) is 14.2. The van der Waals surface area contributed by atoms with Crippen molar-refractivity contribution in [2.24, 2.45) is 12.0 Å². The molecule has 3 rings (SSSR count). The Morgan fingerprint density at radius 3 is 2.67 bits per heavy atom. The summed E-state index contributed by atoms with van der Waals surface area (Å²) in [6.07, 6.45) is 0.321. The molecule has 0 bridgehead atoms. The van der Waals surface area contributed by atoms with E-state index in [9.17, 15) is 4.79 Å². The third-order valence-electron chi connectivity index (χ3n) is 4.12. The first-order chi connectivity index (χ1) is 11.3. The fraction of sp³-hybridized carbons (Fsp3) is 0.263. The van der Waals surface area contributed by atoms with Gasteiger partial charge >= 0.3 is 0 Å². The molecule has 0 saturated carbocycles. The van der Waals surface area contributed by atoms with Crippen LogP contribution < -0.4 is 4.80 Å². The summed E-state index contributed by atoms with van der Waals surface area (Å²) >= 11 is 7.62. The van der Waals surface area contributed by atoms with Crippen LogP contribution in [0.15, 0.2) is 35.3 Å². The summed E-state index contributed by atoms with van der Waals surface area (Å²) in [7, 11) is 1.93. The summed E-state index contributed by atoms with van der Waals surface area (Å²) in [5, 5.41) is 0.704. The van der Waals surface area contributed by atoms with E-state index in [0.717, 1.165) is 32.5 Å². The molecule has 3 nitrogen and oxygen atoms in total. The summed E-state index contributed by atoms with van der Waals surface area (Å²) in [5.74, 6) is -0.130. The highest BCUT2D eigenvalue weighted by atomic mass is 35.5. The first kappa shape index (κ1) is 16.9. The van der Waals surface area contributed by atoms with E-state index in [0.29, 0.717) is 16.2 Å². The zero-order chi connectivity index (χ0) is 17.4. The van der Waals surface area contributed by atoms with Crippen molar-refractivity contribution in [1.82, 2.24) is 4.57 Å². The van der Waals surface area contributed by atoms with Crippen LogP contribution in [0.3, 0.4) is 0 Å². The maximum absolute atomic E-state index is 12.4. The van der Waals surface area contributed by atoms with Gasteiger partial charge in [0, 0.05) is 12.1 Å². The van der Waals surface area contributed by atoms with Crippen LogP contribution in [0.4, 0.5) is 0 Å². The quantitative estimate of drug-likeness (QED) is 0.664. The molecule has 24 heavy (non-hydrogen) atoms. The molecule has 0 atom stereocenters. The number of hydrogen-bond acceptors (Lipinski definition) is 2. The van der Waals surface area contributed by atoms with Crippen LogP contribution >= 0.6 is 22.9 Å². The van der Waals surface area contributed by atoms with E-state index >= 15 is 0 Å². The number of aromatic nitrogens is 1. The molecule has 0 spiro atoms. The topological polar surface area (TPSA) is 34.4 Å². The van der Waals surface area contributed by atoms with Crippen molar-refractivity contribution in [2.45, 2.75) is 27.2 Å². The minimum atomic E-state index is -0.130. The maximum atomic E-state index is 12.4. The van der Waals surface area contributed by atoms with Crippen molar-refractivity contribution < 1.29 is 4.79 Å². The SMILES string of the molecule is Cc1ccc(C)c(CC(=O)N=c2sc3cc(Cl)cc(C)c3n2C)c1. The number of carbonyl (C=O) groups is 1. The third-order valence-corrected chi connectivity index (χ3v) is 5.42. The van der Waals surface area contributed by atoms with Crippen LogP contribution in [0.1, 0.15) is 22.3 Å². The largest absolute Gasteiger partial charge is 0.319 e. The van der Waals surface area contributed by atoms with Gasteiger partial charge in [-0.3, -0.25) is 4.79 Å². The molecule has 2 aromatic carbocycles. The van der Waals surface area contributed by atoms with Gasteiger partial charge in [0.1, 0.15) is 0 Å². The van der Waals surface area contributed by atoms with Gasteiger partial charge in [0.05, 0.1) is 16.6 Å². The fourth-order valence-electron chi connectivity index (χ4n) is 2.87. The molecule has 0 unspecified atom stereocenters. The molecule has 0 aliphatic heterocycles. The number of halogens is 1. The van der Waals surface area contributed by atoms with E-state index in [1.54, 1.807) is 0 Å². The Morgan fingerprint density at radius 2 is 1.92 bits per heavy atom. The smallest absolute Gasteiger partial charge is 0.252 e. The number of benzene rings is 2. The highest BCUT2D eigenvalue weighted by Gasteiger charge is 2.10. The minimum absolute atomic E-state index is 0.130. The minimum Gasteiger partial charge on any atom is -0.319 e. The van der Waals surface area contributed by atoms with E-state index in [1.807, 2.05) is 50.6 Å². The molecule has 1 heterocycles. The van der Waals surface area contributed by atoms with Gasteiger partial charge in [0.2, 0.25) is 0 Å². The average Bonchev–Trinajstić information content (AvgIpc) is 2.79. The van der Waals surface area contributed by atoms with Gasteiger partial charge in [-0.25, -0.2) is 0 Å². The lowest BCUT2D eigenvalue weighted by atomic mass is 10.0. The lowest BCUT2D eigenvalue weighted by Gasteiger charge is -2.04. The van der Waals surface area contributed by atoms with Crippen LogP contribution in [0.5, 0.6) is 0 Å². The van der Waals surface area contributed by atoms with Crippen LogP contribution in [0.2, 0.25) is 5.02 Å². The molecular weight excluding hydrogens is 340 g/mol. The second-order valence-corrected chi connectivity index (χ2v) is 7.57. The monoisotopic (exact) mass is 358 g/mol. The highest BCUT2D eigenvalue weighted by Crippen LogP contribution is 2.25. The van der Waals surface area contributed by atoms with Crippen molar-refractivity contribution in [2.75, 3.05) is 0 Å². The van der Waals surface area contributed by atoms with Gasteiger partial charge in [-0.05, 0) is 49.6 Å². The van der Waals surface area contributed by atoms with Gasteiger partial charge in [-0.1, -0.05) is 46.7 Å². The summed E-state index contributed by atoms with van der Waals surface area (Å²) in [6.45, 7) is 6.07. The molecule has 124 valence electrons. The van der Waals surface area contributed by atoms with Gasteiger partial charge < -0.3 is 4.57 Å². The standard InChI is InChI=1S/C19H19ClN2OS/c1-11-5-6-12(2)14(7-11)9-17(23)21-19-22(4)18-13(3)8-15(20)10-16(18)24-19/h5-8,10H,9H2,1-4H3. The Bertz CT molecular complexity index is 1010. The Labute approximate surface area is 150 Å². The van der Waals surface area contributed by atoms with E-state index in [2.05, 4.69) is 17.1 Å². The molecule has 0 fully saturated rings. The molecule has 0 radical (unpaired) electrons. The summed E-state index contributed by atoms with van der Waals surface area (Å²) in [5.41, 5.74) is 5.46. The summed E-state index contributed by atoms with van der Waals surface area (Å²) < 4.78 is 3.01. The van der Waals surface area contributed by atoms with Gasteiger partial charge in [0.15, 0.2) is 4.80 Å². The molecule has 3 aromatic rings. The number of amides is 1. The normalized spacial score (nSPS) is 12.1. The molecular formula is C19H19ClN2OS. The summed E-state index contributed by atoms with van der Waals surface area (Å²) in [6, 6.07) is 10.0. The number of rotatable bonds is 2. The first-order valence-electron chi connectivity index (χ1n) is 7.74. The number of hydrogen-bond donors (Lipinski definition) is 0. The van der Waals surface area contributed by atoms with Crippen molar-refractivity contribution in [3.63, 3.8) is 0 Å². The molecule has 5 heteroatoms. The third kappa shape index (κ3) is 3.30. The lowest BCUT2D eigenvalue weighted by Crippen LogP contribution is -2.14. The predicted molar refractivity (Wildman–Crippen MR) is 101 cm³/mol. The molecule has 0 saturated heterocycles. The molecule has 0 aliphatic rings. The highest BCUT2D eigenvalue weighted by molar-refractivity contribution is 7.16. The number of carbonyl (C=O) groups excluding carboxylic acids is 1. The first-order valence-corrected chi connectivity index (χ1v) is 8.94. The van der Waals surface area contributed by atoms with Crippen LogP contribution in [0, 0.1) is 20.8 Å². The van der Waals surface area contributed by atoms with Crippen LogP contribution in [-0.4, -0.2) is 10.5 Å². The van der Waals surface area contributed by atoms with Gasteiger partial charge in [-0.2, -0.15) is 4.99 Å². The van der Waals surface area contributed by atoms with Crippen molar-refractivity contribution in [3.05, 3.63) is 62.4 Å². The molecule has 0 N–H and O–H groups in total. The van der Waals surface area contributed by atoms with Crippen molar-refractivity contribution >= 4 is 39.1 Å². The Hall–Kier alpha value is -1.91. The fourth-order valence-corrected chi connectivity index (χ4v) is 4.36. The van der Waals surface area contributed by atoms with Crippen molar-refractivity contribution in [3.8, 4) is 0 Å². The van der Waals surface area contributed by atoms with E-state index in [1.165, 1.54) is 11.3 Å². The predicted octanol–water partition coefficient (Wildman–Crippen LogP) is 4.49. The second-order valence-electron chi connectivity index (χ2n) is 6.13. The Balaban J connectivity index is 2.00. The van der Waals surface area contributed by atoms with Crippen molar-refractivity contribution in [1.29, 1.82) is 0 Å². The Morgan fingerprint density at radius 1 is 1.17 bits per heavy atom. The van der Waals surface area contributed by atoms with Crippen LogP contribution in [-0.2, 0) is 18.3 Å². The molecule has 1 aromatic heterocycles. The number of nitrogens with zero attached hydrogens (tertiary/aromatic N) is 2. The van der Waals surface area contributed by atoms with Gasteiger partial charge in [0.25, 0.3) is 5.91 Å². The second kappa shape index (κ2) is 6.54.